The summed E-state index contributed by atoms with van der Waals surface area (Å²) in [5.74, 6) is -2.09. The van der Waals surface area contributed by atoms with Gasteiger partial charge in [-0.15, -0.1) is 0 Å². The van der Waals surface area contributed by atoms with E-state index in [4.69, 9.17) is 4.74 Å². The van der Waals surface area contributed by atoms with Crippen molar-refractivity contribution in [2.45, 2.75) is 59.0 Å². The van der Waals surface area contributed by atoms with Crippen LogP contribution in [0.3, 0.4) is 0 Å². The second-order valence-electron chi connectivity index (χ2n) is 8.73. The molecule has 3 aromatic carbocycles. The number of benzene rings is 3. The maximum atomic E-state index is 13.4. The van der Waals surface area contributed by atoms with Crippen LogP contribution in [0.2, 0.25) is 0 Å². The number of ether oxygens (including phenoxy) is 1. The van der Waals surface area contributed by atoms with E-state index < -0.39 is 17.5 Å². The molecule has 4 rings (SSSR count). The number of hydrogen-bond acceptors (Lipinski definition) is 5. The molecule has 3 aromatic rings. The molecule has 35 heavy (non-hydrogen) atoms. The van der Waals surface area contributed by atoms with Crippen molar-refractivity contribution in [3.63, 3.8) is 0 Å². The van der Waals surface area contributed by atoms with E-state index in [1.54, 1.807) is 12.1 Å². The zero-order chi connectivity index (χ0) is 25.5. The molecule has 3 N–H and O–H groups in total. The fraction of sp³-hybridized carbons (Fsp3) is 0.310. The maximum Gasteiger partial charge on any atom is 0.341 e. The van der Waals surface area contributed by atoms with Crippen molar-refractivity contribution in [2.75, 3.05) is 0 Å². The second kappa shape index (κ2) is 9.10. The molecule has 6 nitrogen and oxygen atoms in total. The maximum absolute atomic E-state index is 13.4. The lowest BCUT2D eigenvalue weighted by Gasteiger charge is -2.35. The van der Waals surface area contributed by atoms with Crippen LogP contribution < -0.4 is 0 Å². The number of carbonyl (C=O) groups excluding carboxylic acids is 1. The molecule has 0 saturated carbocycles. The lowest BCUT2D eigenvalue weighted by Crippen LogP contribution is -2.33. The number of phenols is 2. The summed E-state index contributed by atoms with van der Waals surface area (Å²) in [5.41, 5.74) is 1.90. The smallest absolute Gasteiger partial charge is 0.341 e. The van der Waals surface area contributed by atoms with Crippen LogP contribution in [0.15, 0.2) is 42.5 Å². The van der Waals surface area contributed by atoms with Gasteiger partial charge in [0, 0.05) is 5.56 Å². The highest BCUT2D eigenvalue weighted by molar-refractivity contribution is 6.06. The molecule has 1 aliphatic heterocycles. The normalized spacial score (nSPS) is 14.0. The average molecular weight is 475 g/mol. The summed E-state index contributed by atoms with van der Waals surface area (Å²) >= 11 is 0. The van der Waals surface area contributed by atoms with Crippen LogP contribution in [0.25, 0.3) is 0 Å². The summed E-state index contributed by atoms with van der Waals surface area (Å²) in [4.78, 5) is 25.5. The van der Waals surface area contributed by atoms with Gasteiger partial charge < -0.3 is 20.1 Å². The number of carboxylic acid groups (broad SMARTS) is 1. The molecule has 182 valence electrons. The minimum Gasteiger partial charge on any atom is -0.507 e. The summed E-state index contributed by atoms with van der Waals surface area (Å²) in [5, 5.41) is 33.0. The lowest BCUT2D eigenvalue weighted by molar-refractivity contribution is 0.0231. The Hall–Kier alpha value is -3.80. The molecule has 0 aromatic heterocycles. The van der Waals surface area contributed by atoms with Crippen LogP contribution in [0, 0.1) is 0 Å². The van der Waals surface area contributed by atoms with Gasteiger partial charge in [0.2, 0.25) is 0 Å². The number of cyclic esters (lactones) is 1. The van der Waals surface area contributed by atoms with Crippen LogP contribution in [0.5, 0.6) is 11.5 Å². The lowest BCUT2D eigenvalue weighted by atomic mass is 9.73. The Kier molecular flexibility index (Phi) is 6.32. The van der Waals surface area contributed by atoms with E-state index in [9.17, 15) is 24.9 Å². The van der Waals surface area contributed by atoms with E-state index in [2.05, 4.69) is 0 Å². The molecule has 6 heteroatoms. The number of carboxylic acids is 1. The van der Waals surface area contributed by atoms with Crippen molar-refractivity contribution in [3.8, 4) is 11.5 Å². The van der Waals surface area contributed by atoms with Gasteiger partial charge in [0.05, 0.1) is 22.3 Å². The summed E-state index contributed by atoms with van der Waals surface area (Å²) in [6, 6.07) is 12.1. The molecule has 0 fully saturated rings. The van der Waals surface area contributed by atoms with Crippen molar-refractivity contribution in [1.82, 2.24) is 0 Å². The Balaban J connectivity index is 2.29. The predicted octanol–water partition coefficient (Wildman–Crippen LogP) is 5.51. The molecule has 1 aliphatic rings. The number of rotatable bonds is 7. The van der Waals surface area contributed by atoms with Gasteiger partial charge in [-0.1, -0.05) is 64.1 Å². The van der Waals surface area contributed by atoms with E-state index >= 15 is 0 Å². The molecule has 0 atom stereocenters. The number of aromatic carboxylic acids is 1. The van der Waals surface area contributed by atoms with Crippen LogP contribution >= 0.6 is 0 Å². The van der Waals surface area contributed by atoms with E-state index in [0.29, 0.717) is 53.5 Å². The van der Waals surface area contributed by atoms with Crippen LogP contribution in [-0.2, 0) is 36.0 Å². The molecule has 0 saturated heterocycles. The van der Waals surface area contributed by atoms with E-state index in [1.165, 1.54) is 6.07 Å². The van der Waals surface area contributed by atoms with Gasteiger partial charge in [0.25, 0.3) is 0 Å². The van der Waals surface area contributed by atoms with Gasteiger partial charge in [-0.05, 0) is 54.0 Å². The van der Waals surface area contributed by atoms with Crippen molar-refractivity contribution in [3.05, 3.63) is 92.5 Å². The molecule has 0 unspecified atom stereocenters. The van der Waals surface area contributed by atoms with E-state index in [1.807, 2.05) is 52.0 Å². The first kappa shape index (κ1) is 24.3. The van der Waals surface area contributed by atoms with Gasteiger partial charge in [-0.2, -0.15) is 0 Å². The number of phenolic OH excluding ortho intramolecular Hbond substituents is 2. The first-order valence-electron chi connectivity index (χ1n) is 12.0. The Morgan fingerprint density at radius 3 is 1.66 bits per heavy atom. The Morgan fingerprint density at radius 1 is 0.771 bits per heavy atom. The van der Waals surface area contributed by atoms with Gasteiger partial charge >= 0.3 is 11.9 Å². The number of aryl methyl sites for hydroxylation is 4. The van der Waals surface area contributed by atoms with Crippen LogP contribution in [0.1, 0.15) is 87.4 Å². The SMILES string of the molecule is CCc1ccc(CC)c(C2(c3c(CC)ccc(CC)c3O)OC(=O)c3c(C(=O)O)cccc32)c1O. The summed E-state index contributed by atoms with van der Waals surface area (Å²) in [7, 11) is 0. The average Bonchev–Trinajstić information content (AvgIpc) is 3.15. The first-order valence-corrected chi connectivity index (χ1v) is 12.0. The number of aromatic hydroxyl groups is 2. The fourth-order valence-electron chi connectivity index (χ4n) is 5.28. The first-order chi connectivity index (χ1) is 16.8. The van der Waals surface area contributed by atoms with E-state index in [0.717, 1.165) is 11.1 Å². The zero-order valence-corrected chi connectivity index (χ0v) is 20.4. The highest BCUT2D eigenvalue weighted by Gasteiger charge is 2.54. The quantitative estimate of drug-likeness (QED) is 0.390. The standard InChI is InChI=1S/C29H30O6/c1-5-16-12-14-18(7-3)25(30)23(16)29(24-17(6-2)13-15-19(8-4)26(24)31)21-11-9-10-20(27(32)33)22(21)28(34)35-29/h9-15,30-31H,5-8H2,1-4H3,(H,32,33). The molecule has 0 amide bonds. The van der Waals surface area contributed by atoms with Crippen LogP contribution in [0.4, 0.5) is 0 Å². The van der Waals surface area contributed by atoms with Crippen molar-refractivity contribution < 1.29 is 29.6 Å². The molecule has 0 spiro atoms. The molecular weight excluding hydrogens is 444 g/mol. The van der Waals surface area contributed by atoms with Gasteiger partial charge in [0.1, 0.15) is 11.5 Å². The third-order valence-electron chi connectivity index (χ3n) is 7.05. The highest BCUT2D eigenvalue weighted by Crippen LogP contribution is 2.55. The molecular formula is C29H30O6. The summed E-state index contributed by atoms with van der Waals surface area (Å²) < 4.78 is 6.21. The summed E-state index contributed by atoms with van der Waals surface area (Å²) in [6.07, 6.45) is 2.12. The molecule has 0 radical (unpaired) electrons. The monoisotopic (exact) mass is 474 g/mol. The number of fused-ring (bicyclic) bond motifs is 1. The third-order valence-corrected chi connectivity index (χ3v) is 7.05. The Labute approximate surface area is 204 Å². The van der Waals surface area contributed by atoms with Gasteiger partial charge in [-0.3, -0.25) is 0 Å². The van der Waals surface area contributed by atoms with E-state index in [-0.39, 0.29) is 22.6 Å². The topological polar surface area (TPSA) is 104 Å². The highest BCUT2D eigenvalue weighted by atomic mass is 16.6. The largest absolute Gasteiger partial charge is 0.507 e. The van der Waals surface area contributed by atoms with Crippen molar-refractivity contribution in [2.24, 2.45) is 0 Å². The van der Waals surface area contributed by atoms with Crippen LogP contribution in [-0.4, -0.2) is 27.3 Å². The van der Waals surface area contributed by atoms with Gasteiger partial charge in [0.15, 0.2) is 5.60 Å². The third kappa shape index (κ3) is 3.47. The minimum atomic E-state index is -1.71. The number of esters is 1. The zero-order valence-electron chi connectivity index (χ0n) is 20.4. The van der Waals surface area contributed by atoms with Crippen molar-refractivity contribution >= 4 is 11.9 Å². The second-order valence-corrected chi connectivity index (χ2v) is 8.73. The molecule has 0 bridgehead atoms. The Bertz CT molecular complexity index is 1280. The Morgan fingerprint density at radius 2 is 1.23 bits per heavy atom. The van der Waals surface area contributed by atoms with Crippen molar-refractivity contribution in [1.29, 1.82) is 0 Å². The number of hydrogen-bond donors (Lipinski definition) is 3. The minimum absolute atomic E-state index is 0.0171. The fourth-order valence-corrected chi connectivity index (χ4v) is 5.28. The van der Waals surface area contributed by atoms with Gasteiger partial charge in [-0.25, -0.2) is 9.59 Å². The summed E-state index contributed by atoms with van der Waals surface area (Å²) in [6.45, 7) is 7.71. The molecule has 0 aliphatic carbocycles. The predicted molar refractivity (Wildman–Crippen MR) is 132 cm³/mol. The number of carbonyl (C=O) groups is 2. The molecule has 1 heterocycles.